The summed E-state index contributed by atoms with van der Waals surface area (Å²) in [5.41, 5.74) is 3.15. The summed E-state index contributed by atoms with van der Waals surface area (Å²) >= 11 is 0. The zero-order chi connectivity index (χ0) is 23.0. The predicted octanol–water partition coefficient (Wildman–Crippen LogP) is 5.95. The third-order valence-electron chi connectivity index (χ3n) is 8.97. The number of allylic oxidation sites excluding steroid dienone is 3. The Labute approximate surface area is 190 Å². The molecule has 0 amide bonds. The summed E-state index contributed by atoms with van der Waals surface area (Å²) < 4.78 is 0. The van der Waals surface area contributed by atoms with Crippen molar-refractivity contribution in [1.82, 2.24) is 0 Å². The van der Waals surface area contributed by atoms with Crippen molar-refractivity contribution in [3.63, 3.8) is 0 Å². The van der Waals surface area contributed by atoms with Crippen molar-refractivity contribution in [2.24, 2.45) is 29.1 Å². The normalized spacial score (nSPS) is 40.4. The van der Waals surface area contributed by atoms with Gasteiger partial charge < -0.3 is 15.3 Å². The highest BCUT2D eigenvalue weighted by atomic mass is 16.3. The number of hydrogen-bond donors (Lipinski definition) is 3. The van der Waals surface area contributed by atoms with Crippen LogP contribution in [-0.4, -0.2) is 33.1 Å². The number of hydrogen-bond acceptors (Lipinski definition) is 3. The minimum atomic E-state index is -0.648. The van der Waals surface area contributed by atoms with Gasteiger partial charge in [-0.15, -0.1) is 0 Å². The molecule has 31 heavy (non-hydrogen) atoms. The first-order chi connectivity index (χ1) is 14.4. The smallest absolute Gasteiger partial charge is 0.0837 e. The van der Waals surface area contributed by atoms with Gasteiger partial charge in [0, 0.05) is 5.92 Å². The van der Waals surface area contributed by atoms with Gasteiger partial charge in [0.25, 0.3) is 0 Å². The summed E-state index contributed by atoms with van der Waals surface area (Å²) in [6.07, 6.45) is 13.4. The lowest BCUT2D eigenvalue weighted by molar-refractivity contribution is 0.0283. The molecule has 0 aliphatic heterocycles. The van der Waals surface area contributed by atoms with E-state index >= 15 is 0 Å². The number of aliphatic hydroxyl groups is 3. The van der Waals surface area contributed by atoms with Crippen molar-refractivity contribution in [2.75, 3.05) is 0 Å². The van der Waals surface area contributed by atoms with Crippen LogP contribution in [0.1, 0.15) is 92.4 Å². The van der Waals surface area contributed by atoms with Crippen LogP contribution in [0.3, 0.4) is 0 Å². The van der Waals surface area contributed by atoms with Gasteiger partial charge in [-0.1, -0.05) is 57.9 Å². The monoisotopic (exact) mass is 430 g/mol. The standard InChI is InChI=1S/C28H46O3/c1-18(9-7-15-27(4,5)31)23-13-14-24-21(10-8-16-28(23,24)6)11-12-22-17-25(29)20(3)26(30)19(22)2/h11-12,18,20,23-26,29-31H,2,7-10,13-17H2,1,3-6H3/t18-,20+,23?,24?,25+,26-,28?/m0/s1. The Bertz CT molecular complexity index is 712. The lowest BCUT2D eigenvalue weighted by Gasteiger charge is -2.44. The molecule has 3 aliphatic carbocycles. The molecule has 0 bridgehead atoms. The van der Waals surface area contributed by atoms with Crippen molar-refractivity contribution in [3.05, 3.63) is 35.5 Å². The van der Waals surface area contributed by atoms with Crippen LogP contribution in [0.15, 0.2) is 35.5 Å². The molecule has 7 atom stereocenters. The fourth-order valence-electron chi connectivity index (χ4n) is 6.91. The lowest BCUT2D eigenvalue weighted by Crippen LogP contribution is -2.36. The van der Waals surface area contributed by atoms with Crippen LogP contribution in [0.25, 0.3) is 0 Å². The maximum atomic E-state index is 10.4. The van der Waals surface area contributed by atoms with Gasteiger partial charge in [-0.2, -0.15) is 0 Å². The lowest BCUT2D eigenvalue weighted by atomic mass is 9.60. The van der Waals surface area contributed by atoms with Crippen molar-refractivity contribution in [2.45, 2.75) is 110 Å². The predicted molar refractivity (Wildman–Crippen MR) is 129 cm³/mol. The van der Waals surface area contributed by atoms with Crippen LogP contribution in [0.4, 0.5) is 0 Å². The van der Waals surface area contributed by atoms with Gasteiger partial charge in [0.15, 0.2) is 0 Å². The molecule has 0 spiro atoms. The van der Waals surface area contributed by atoms with E-state index in [1.807, 2.05) is 20.8 Å². The Kier molecular flexibility index (Phi) is 7.61. The van der Waals surface area contributed by atoms with Crippen molar-refractivity contribution < 1.29 is 15.3 Å². The highest BCUT2D eigenvalue weighted by Crippen LogP contribution is 2.60. The van der Waals surface area contributed by atoms with Gasteiger partial charge in [-0.3, -0.25) is 0 Å². The number of rotatable bonds is 6. The first kappa shape index (κ1) is 24.7. The maximum absolute atomic E-state index is 10.4. The molecule has 0 aromatic rings. The summed E-state index contributed by atoms with van der Waals surface area (Å²) in [7, 11) is 0. The largest absolute Gasteiger partial charge is 0.392 e. The Hall–Kier alpha value is -0.900. The molecule has 3 saturated carbocycles. The average molecular weight is 431 g/mol. The average Bonchev–Trinajstić information content (AvgIpc) is 3.04. The van der Waals surface area contributed by atoms with E-state index in [9.17, 15) is 15.3 Å². The van der Waals surface area contributed by atoms with Crippen LogP contribution >= 0.6 is 0 Å². The van der Waals surface area contributed by atoms with Crippen LogP contribution in [0, 0.1) is 29.1 Å². The minimum absolute atomic E-state index is 0.149. The third kappa shape index (κ3) is 5.37. The molecule has 3 unspecified atom stereocenters. The molecule has 3 fully saturated rings. The van der Waals surface area contributed by atoms with Crippen LogP contribution < -0.4 is 0 Å². The van der Waals surface area contributed by atoms with Crippen LogP contribution in [0.5, 0.6) is 0 Å². The number of fused-ring (bicyclic) bond motifs is 1. The van der Waals surface area contributed by atoms with E-state index in [1.54, 1.807) is 5.57 Å². The van der Waals surface area contributed by atoms with Gasteiger partial charge in [-0.25, -0.2) is 0 Å². The summed E-state index contributed by atoms with van der Waals surface area (Å²) in [6.45, 7) is 14.8. The maximum Gasteiger partial charge on any atom is 0.0837 e. The second kappa shape index (κ2) is 9.53. The van der Waals surface area contributed by atoms with E-state index < -0.39 is 17.8 Å². The molecule has 3 N–H and O–H groups in total. The fraction of sp³-hybridized carbons (Fsp3) is 0.786. The van der Waals surface area contributed by atoms with Crippen LogP contribution in [-0.2, 0) is 0 Å². The first-order valence-corrected chi connectivity index (χ1v) is 12.6. The van der Waals surface area contributed by atoms with Gasteiger partial charge in [0.1, 0.15) is 0 Å². The second-order valence-electron chi connectivity index (χ2n) is 11.8. The van der Waals surface area contributed by atoms with E-state index in [4.69, 9.17) is 0 Å². The quantitative estimate of drug-likeness (QED) is 0.488. The second-order valence-corrected chi connectivity index (χ2v) is 11.8. The van der Waals surface area contributed by atoms with E-state index in [-0.39, 0.29) is 5.92 Å². The molecule has 3 heteroatoms. The summed E-state index contributed by atoms with van der Waals surface area (Å²) in [5, 5.41) is 30.7. The SMILES string of the molecule is C=C1C(=CC=C2CCCC3(C)C2CCC3[C@@H](C)CCCC(C)(C)O)C[C@@H](O)[C@@H](C)[C@H]1O. The first-order valence-electron chi connectivity index (χ1n) is 12.6. The molecule has 0 heterocycles. The van der Waals surface area contributed by atoms with Gasteiger partial charge in [0.2, 0.25) is 0 Å². The molecule has 0 saturated heterocycles. The summed E-state index contributed by atoms with van der Waals surface area (Å²) in [5.74, 6) is 1.94. The summed E-state index contributed by atoms with van der Waals surface area (Å²) in [4.78, 5) is 0. The minimum Gasteiger partial charge on any atom is -0.392 e. The molecular formula is C28H46O3. The topological polar surface area (TPSA) is 60.7 Å². The number of aliphatic hydroxyl groups excluding tert-OH is 2. The van der Waals surface area contributed by atoms with E-state index in [1.165, 1.54) is 32.1 Å². The third-order valence-corrected chi connectivity index (χ3v) is 8.97. The molecule has 176 valence electrons. The molecule has 3 nitrogen and oxygen atoms in total. The van der Waals surface area contributed by atoms with E-state index in [0.29, 0.717) is 23.7 Å². The van der Waals surface area contributed by atoms with Crippen molar-refractivity contribution >= 4 is 0 Å². The van der Waals surface area contributed by atoms with Crippen LogP contribution in [0.2, 0.25) is 0 Å². The zero-order valence-corrected chi connectivity index (χ0v) is 20.5. The van der Waals surface area contributed by atoms with Gasteiger partial charge >= 0.3 is 0 Å². The van der Waals surface area contributed by atoms with E-state index in [0.717, 1.165) is 36.3 Å². The van der Waals surface area contributed by atoms with E-state index in [2.05, 4.69) is 32.6 Å². The highest BCUT2D eigenvalue weighted by Gasteiger charge is 2.50. The molecule has 0 aromatic heterocycles. The Morgan fingerprint density at radius 3 is 2.61 bits per heavy atom. The summed E-state index contributed by atoms with van der Waals surface area (Å²) in [6, 6.07) is 0. The van der Waals surface area contributed by atoms with Crippen molar-refractivity contribution in [3.8, 4) is 0 Å². The van der Waals surface area contributed by atoms with Gasteiger partial charge in [-0.05, 0) is 93.1 Å². The molecule has 3 rings (SSSR count). The molecule has 0 aromatic carbocycles. The fourth-order valence-corrected chi connectivity index (χ4v) is 6.91. The van der Waals surface area contributed by atoms with Crippen molar-refractivity contribution in [1.29, 1.82) is 0 Å². The molecular weight excluding hydrogens is 384 g/mol. The highest BCUT2D eigenvalue weighted by molar-refractivity contribution is 5.39. The molecule has 0 radical (unpaired) electrons. The Balaban J connectivity index is 1.71. The van der Waals surface area contributed by atoms with Gasteiger partial charge in [0.05, 0.1) is 17.8 Å². The zero-order valence-electron chi connectivity index (χ0n) is 20.5. The Morgan fingerprint density at radius 1 is 1.23 bits per heavy atom. The Morgan fingerprint density at radius 2 is 1.94 bits per heavy atom. The molecule has 3 aliphatic rings.